The Morgan fingerprint density at radius 3 is 2.55 bits per heavy atom. The van der Waals surface area contributed by atoms with Crippen molar-refractivity contribution < 1.29 is 19.1 Å². The Morgan fingerprint density at radius 1 is 1.40 bits per heavy atom. The van der Waals surface area contributed by atoms with Crippen molar-refractivity contribution in [1.82, 2.24) is 5.32 Å². The molecule has 0 aliphatic heterocycles. The number of aryl methyl sites for hydroxylation is 1. The van der Waals surface area contributed by atoms with Gasteiger partial charge in [-0.15, -0.1) is 0 Å². The average Bonchev–Trinajstić information content (AvgIpc) is 3.03. The number of furan rings is 1. The Morgan fingerprint density at radius 2 is 2.05 bits per heavy atom. The van der Waals surface area contributed by atoms with E-state index in [4.69, 9.17) is 9.52 Å². The minimum absolute atomic E-state index is 0.0587. The smallest absolute Gasteiger partial charge is 0.339 e. The molecule has 1 aromatic heterocycles. The van der Waals surface area contributed by atoms with E-state index in [1.165, 1.54) is 6.07 Å². The van der Waals surface area contributed by atoms with Crippen LogP contribution in [-0.2, 0) is 11.3 Å². The molecule has 2 N–H and O–H groups in total. The standard InChI is InChI=1S/C15H21NO4/c1-3-15(6-4-5-7-15)14(19)16-9-11-8-12(13(17)18)10(2)20-11/h8H,3-7,9H2,1-2H3,(H,16,19)(H,17,18). The lowest BCUT2D eigenvalue weighted by molar-refractivity contribution is -0.131. The van der Waals surface area contributed by atoms with E-state index in [9.17, 15) is 9.59 Å². The summed E-state index contributed by atoms with van der Waals surface area (Å²) in [5.41, 5.74) is -0.0857. The van der Waals surface area contributed by atoms with Crippen LogP contribution in [0.25, 0.3) is 0 Å². The van der Waals surface area contributed by atoms with Crippen molar-refractivity contribution in [3.05, 3.63) is 23.2 Å². The van der Waals surface area contributed by atoms with Crippen molar-refractivity contribution in [2.24, 2.45) is 5.41 Å². The SMILES string of the molecule is CCC1(C(=O)NCc2cc(C(=O)O)c(C)o2)CCCC1. The second kappa shape index (κ2) is 5.69. The van der Waals surface area contributed by atoms with Crippen molar-refractivity contribution in [3.63, 3.8) is 0 Å². The summed E-state index contributed by atoms with van der Waals surface area (Å²) in [6, 6.07) is 1.48. The van der Waals surface area contributed by atoms with E-state index in [2.05, 4.69) is 5.32 Å². The van der Waals surface area contributed by atoms with Crippen LogP contribution in [0.15, 0.2) is 10.5 Å². The highest BCUT2D eigenvalue weighted by Crippen LogP contribution is 2.41. The molecule has 0 bridgehead atoms. The second-order valence-electron chi connectivity index (χ2n) is 5.51. The zero-order valence-electron chi connectivity index (χ0n) is 12.0. The van der Waals surface area contributed by atoms with Crippen LogP contribution in [0, 0.1) is 12.3 Å². The molecule has 20 heavy (non-hydrogen) atoms. The predicted octanol–water partition coefficient (Wildman–Crippen LogP) is 2.87. The Hall–Kier alpha value is -1.78. The van der Waals surface area contributed by atoms with Crippen molar-refractivity contribution >= 4 is 11.9 Å². The molecule has 0 unspecified atom stereocenters. The summed E-state index contributed by atoms with van der Waals surface area (Å²) >= 11 is 0. The fourth-order valence-electron chi connectivity index (χ4n) is 2.99. The van der Waals surface area contributed by atoms with Crippen LogP contribution in [-0.4, -0.2) is 17.0 Å². The van der Waals surface area contributed by atoms with E-state index in [0.717, 1.165) is 32.1 Å². The number of nitrogens with one attached hydrogen (secondary N) is 1. The van der Waals surface area contributed by atoms with Gasteiger partial charge >= 0.3 is 5.97 Å². The van der Waals surface area contributed by atoms with Gasteiger partial charge in [0, 0.05) is 5.41 Å². The Balaban J connectivity index is 2.00. The average molecular weight is 279 g/mol. The Labute approximate surface area is 118 Å². The normalized spacial score (nSPS) is 17.1. The number of carbonyl (C=O) groups is 2. The molecule has 0 aromatic carbocycles. The number of carboxylic acids is 1. The fraction of sp³-hybridized carbons (Fsp3) is 0.600. The first-order valence-corrected chi connectivity index (χ1v) is 7.09. The lowest BCUT2D eigenvalue weighted by Gasteiger charge is -2.25. The molecule has 1 aromatic rings. The zero-order chi connectivity index (χ0) is 14.8. The maximum Gasteiger partial charge on any atom is 0.339 e. The monoisotopic (exact) mass is 279 g/mol. The molecule has 1 heterocycles. The number of carbonyl (C=O) groups excluding carboxylic acids is 1. The summed E-state index contributed by atoms with van der Waals surface area (Å²) in [5, 5.41) is 11.8. The third-order valence-electron chi connectivity index (χ3n) is 4.34. The maximum atomic E-state index is 12.3. The highest BCUT2D eigenvalue weighted by Gasteiger charge is 2.39. The molecular weight excluding hydrogens is 258 g/mol. The largest absolute Gasteiger partial charge is 0.478 e. The second-order valence-corrected chi connectivity index (χ2v) is 5.51. The topological polar surface area (TPSA) is 79.5 Å². The third-order valence-corrected chi connectivity index (χ3v) is 4.34. The molecule has 1 aliphatic carbocycles. The highest BCUT2D eigenvalue weighted by atomic mass is 16.4. The van der Waals surface area contributed by atoms with Crippen molar-refractivity contribution in [3.8, 4) is 0 Å². The van der Waals surface area contributed by atoms with Gasteiger partial charge in [-0.3, -0.25) is 4.79 Å². The van der Waals surface area contributed by atoms with E-state index in [0.29, 0.717) is 11.5 Å². The molecule has 0 atom stereocenters. The van der Waals surface area contributed by atoms with E-state index >= 15 is 0 Å². The molecule has 0 radical (unpaired) electrons. The van der Waals surface area contributed by atoms with Crippen molar-refractivity contribution in [1.29, 1.82) is 0 Å². The Kier molecular flexibility index (Phi) is 4.16. The van der Waals surface area contributed by atoms with Gasteiger partial charge in [0.25, 0.3) is 0 Å². The molecule has 0 saturated heterocycles. The van der Waals surface area contributed by atoms with Crippen molar-refractivity contribution in [2.75, 3.05) is 0 Å². The molecular formula is C15H21NO4. The van der Waals surface area contributed by atoms with E-state index < -0.39 is 5.97 Å². The number of rotatable bonds is 5. The van der Waals surface area contributed by atoms with Crippen LogP contribution in [0.5, 0.6) is 0 Å². The minimum atomic E-state index is -1.01. The van der Waals surface area contributed by atoms with Gasteiger partial charge in [-0.2, -0.15) is 0 Å². The molecule has 5 heteroatoms. The van der Waals surface area contributed by atoms with Gasteiger partial charge in [-0.1, -0.05) is 19.8 Å². The fourth-order valence-corrected chi connectivity index (χ4v) is 2.99. The number of hydrogen-bond acceptors (Lipinski definition) is 3. The summed E-state index contributed by atoms with van der Waals surface area (Å²) in [7, 11) is 0. The molecule has 0 spiro atoms. The summed E-state index contributed by atoms with van der Waals surface area (Å²) < 4.78 is 5.36. The summed E-state index contributed by atoms with van der Waals surface area (Å²) in [5.74, 6) is -0.0987. The predicted molar refractivity (Wildman–Crippen MR) is 73.4 cm³/mol. The third kappa shape index (κ3) is 2.71. The molecule has 5 nitrogen and oxygen atoms in total. The van der Waals surface area contributed by atoms with Crippen LogP contribution in [0.4, 0.5) is 0 Å². The summed E-state index contributed by atoms with van der Waals surface area (Å²) in [4.78, 5) is 23.3. The summed E-state index contributed by atoms with van der Waals surface area (Å²) in [6.45, 7) is 3.90. The molecule has 1 fully saturated rings. The number of hydrogen-bond donors (Lipinski definition) is 2. The zero-order valence-corrected chi connectivity index (χ0v) is 12.0. The van der Waals surface area contributed by atoms with Gasteiger partial charge in [0.1, 0.15) is 17.1 Å². The van der Waals surface area contributed by atoms with E-state index in [1.807, 2.05) is 6.92 Å². The van der Waals surface area contributed by atoms with E-state index in [-0.39, 0.29) is 23.4 Å². The van der Waals surface area contributed by atoms with Gasteiger partial charge in [-0.25, -0.2) is 4.79 Å². The number of carboxylic acid groups (broad SMARTS) is 1. The van der Waals surface area contributed by atoms with E-state index in [1.54, 1.807) is 6.92 Å². The van der Waals surface area contributed by atoms with Crippen LogP contribution in [0.1, 0.15) is 60.9 Å². The lowest BCUT2D eigenvalue weighted by atomic mass is 9.82. The molecule has 1 saturated carbocycles. The lowest BCUT2D eigenvalue weighted by Crippen LogP contribution is -2.38. The maximum absolute atomic E-state index is 12.3. The van der Waals surface area contributed by atoms with Gasteiger partial charge in [0.05, 0.1) is 6.54 Å². The number of aromatic carboxylic acids is 1. The first-order chi connectivity index (χ1) is 9.48. The van der Waals surface area contributed by atoms with Crippen molar-refractivity contribution in [2.45, 2.75) is 52.5 Å². The van der Waals surface area contributed by atoms with Gasteiger partial charge < -0.3 is 14.8 Å². The van der Waals surface area contributed by atoms with Crippen LogP contribution < -0.4 is 5.32 Å². The quantitative estimate of drug-likeness (QED) is 0.868. The molecule has 1 amide bonds. The minimum Gasteiger partial charge on any atom is -0.478 e. The van der Waals surface area contributed by atoms with Crippen LogP contribution in [0.3, 0.4) is 0 Å². The van der Waals surface area contributed by atoms with Gasteiger partial charge in [0.15, 0.2) is 0 Å². The first-order valence-electron chi connectivity index (χ1n) is 7.09. The van der Waals surface area contributed by atoms with Gasteiger partial charge in [-0.05, 0) is 32.3 Å². The molecule has 1 aliphatic rings. The first kappa shape index (κ1) is 14.6. The Bertz CT molecular complexity index is 512. The summed E-state index contributed by atoms with van der Waals surface area (Å²) in [6.07, 6.45) is 4.92. The van der Waals surface area contributed by atoms with Crippen LogP contribution in [0.2, 0.25) is 0 Å². The molecule has 2 rings (SSSR count). The molecule has 110 valence electrons. The highest BCUT2D eigenvalue weighted by molar-refractivity contribution is 5.89. The van der Waals surface area contributed by atoms with Crippen LogP contribution >= 0.6 is 0 Å². The number of amides is 1. The van der Waals surface area contributed by atoms with Gasteiger partial charge in [0.2, 0.25) is 5.91 Å².